The topological polar surface area (TPSA) is 104 Å². The van der Waals surface area contributed by atoms with Crippen LogP contribution in [0.1, 0.15) is 22.3 Å². The van der Waals surface area contributed by atoms with Gasteiger partial charge in [0.1, 0.15) is 0 Å². The van der Waals surface area contributed by atoms with E-state index in [1.807, 2.05) is 86.5 Å². The Bertz CT molecular complexity index is 1310. The molecule has 198 valence electrons. The Kier molecular flexibility index (Phi) is 11.7. The van der Waals surface area contributed by atoms with E-state index < -0.39 is 0 Å². The molecule has 1 aliphatic carbocycles. The van der Waals surface area contributed by atoms with Crippen molar-refractivity contribution in [3.8, 4) is 0 Å². The van der Waals surface area contributed by atoms with Gasteiger partial charge in [-0.2, -0.15) is 4.33 Å². The minimum atomic E-state index is -0.303. The molecule has 0 bridgehead atoms. The monoisotopic (exact) mass is 576 g/mol. The summed E-state index contributed by atoms with van der Waals surface area (Å²) in [7, 11) is 7.85. The average Bonchev–Trinajstić information content (AvgIpc) is 2.92. The Morgan fingerprint density at radius 2 is 1.38 bits per heavy atom. The van der Waals surface area contributed by atoms with E-state index in [9.17, 15) is 10.1 Å². The zero-order valence-corrected chi connectivity index (χ0v) is 25.7. The Labute approximate surface area is 257 Å². The molecule has 0 unspecified atom stereocenters. The molecular weight excluding hydrogens is 551 g/mol. The molecule has 4 rings (SSSR count). The van der Waals surface area contributed by atoms with E-state index in [2.05, 4.69) is 18.7 Å². The Balaban J connectivity index is 0.00000420. The second-order valence-corrected chi connectivity index (χ2v) is 10.2. The number of benzene rings is 3. The summed E-state index contributed by atoms with van der Waals surface area (Å²) in [4.78, 5) is 18.7. The molecule has 0 saturated heterocycles. The van der Waals surface area contributed by atoms with Crippen LogP contribution in [0, 0.1) is 0 Å². The van der Waals surface area contributed by atoms with E-state index in [0.717, 1.165) is 40.1 Å². The maximum absolute atomic E-state index is 13.9. The third kappa shape index (κ3) is 7.34. The maximum atomic E-state index is 13.9. The van der Waals surface area contributed by atoms with Crippen molar-refractivity contribution >= 4 is 58.5 Å². The van der Waals surface area contributed by atoms with E-state index in [1.54, 1.807) is 24.3 Å². The minimum Gasteiger partial charge on any atom is -0.691 e. The average molecular weight is 577 g/mol. The van der Waals surface area contributed by atoms with E-state index in [-0.39, 0.29) is 40.2 Å². The SMILES string of the molecule is CN(C)c1ccc(C(=C2C(=O)C(SOOO)=Cc3cc(SOO[O-])ccc32)c2ccc(N(C)C)cc2)cc1.[Na+]. The van der Waals surface area contributed by atoms with Gasteiger partial charge in [-0.3, -0.25) is 9.83 Å². The molecule has 3 aromatic rings. The van der Waals surface area contributed by atoms with Gasteiger partial charge in [-0.25, -0.2) is 5.26 Å². The molecular formula is C27H25N2NaO7S2. The summed E-state index contributed by atoms with van der Waals surface area (Å²) in [6, 6.07) is 21.2. The fourth-order valence-electron chi connectivity index (χ4n) is 4.11. The van der Waals surface area contributed by atoms with Crippen LogP contribution in [0.2, 0.25) is 0 Å². The zero-order chi connectivity index (χ0) is 27.2. The summed E-state index contributed by atoms with van der Waals surface area (Å²) < 4.78 is 9.10. The smallest absolute Gasteiger partial charge is 0.691 e. The Morgan fingerprint density at radius 1 is 0.821 bits per heavy atom. The molecule has 0 heterocycles. The largest absolute Gasteiger partial charge is 1.00 e. The fraction of sp³-hybridized carbons (Fsp3) is 0.148. The summed E-state index contributed by atoms with van der Waals surface area (Å²) in [5.41, 5.74) is 6.24. The van der Waals surface area contributed by atoms with E-state index in [4.69, 9.17) is 5.26 Å². The van der Waals surface area contributed by atoms with Crippen molar-refractivity contribution in [1.82, 2.24) is 0 Å². The van der Waals surface area contributed by atoms with Crippen LogP contribution in [0.4, 0.5) is 11.4 Å². The first kappa shape index (κ1) is 31.4. The van der Waals surface area contributed by atoms with Crippen molar-refractivity contribution < 1.29 is 63.6 Å². The molecule has 39 heavy (non-hydrogen) atoms. The van der Waals surface area contributed by atoms with Gasteiger partial charge < -0.3 is 15.1 Å². The molecule has 0 aromatic heterocycles. The standard InChI is InChI=1S/C27H26N2O7S2.Na/c1-28(2)20-9-5-17(6-10-20)25(18-7-11-21(12-8-18)29(3)4)26-23-14-13-22(37-35-33-31)15-19(23)16-24(27(26)30)38-36-34-32;/h5-16,31-32H,1-4H3;/q;+1/p-1. The van der Waals surface area contributed by atoms with Crippen LogP contribution in [-0.2, 0) is 23.5 Å². The number of rotatable bonds is 10. The van der Waals surface area contributed by atoms with Crippen molar-refractivity contribution in [3.05, 3.63) is 93.9 Å². The van der Waals surface area contributed by atoms with Crippen molar-refractivity contribution in [3.63, 3.8) is 0 Å². The maximum Gasteiger partial charge on any atom is 1.00 e. The van der Waals surface area contributed by atoms with Crippen LogP contribution in [0.5, 0.6) is 0 Å². The quantitative estimate of drug-likeness (QED) is 0.126. The molecule has 0 saturated carbocycles. The molecule has 0 amide bonds. The number of anilines is 2. The van der Waals surface area contributed by atoms with Gasteiger partial charge in [0.25, 0.3) is 0 Å². The number of ketones is 1. The predicted octanol–water partition coefficient (Wildman–Crippen LogP) is 2.01. The molecule has 1 N–H and O–H groups in total. The summed E-state index contributed by atoms with van der Waals surface area (Å²) >= 11 is 1.34. The predicted molar refractivity (Wildman–Crippen MR) is 147 cm³/mol. The van der Waals surface area contributed by atoms with Gasteiger partial charge >= 0.3 is 29.6 Å². The molecule has 12 heteroatoms. The van der Waals surface area contributed by atoms with Gasteiger partial charge in [0, 0.05) is 55.6 Å². The second-order valence-electron chi connectivity index (χ2n) is 8.66. The van der Waals surface area contributed by atoms with Crippen molar-refractivity contribution in [2.45, 2.75) is 4.90 Å². The van der Waals surface area contributed by atoms with Crippen LogP contribution in [-0.4, -0.2) is 39.2 Å². The van der Waals surface area contributed by atoms with Gasteiger partial charge in [-0.15, -0.1) is 4.33 Å². The van der Waals surface area contributed by atoms with Crippen LogP contribution < -0.4 is 44.6 Å². The number of hydrogen-bond donors (Lipinski definition) is 1. The first-order valence-corrected chi connectivity index (χ1v) is 12.8. The van der Waals surface area contributed by atoms with Crippen LogP contribution >= 0.6 is 24.1 Å². The van der Waals surface area contributed by atoms with Gasteiger partial charge in [-0.05, 0) is 64.7 Å². The number of allylic oxidation sites excluding steroid dienone is 2. The Morgan fingerprint density at radius 3 is 1.87 bits per heavy atom. The molecule has 1 aliphatic rings. The van der Waals surface area contributed by atoms with Crippen molar-refractivity contribution in [1.29, 1.82) is 0 Å². The number of nitrogens with zero attached hydrogens (tertiary/aromatic N) is 2. The van der Waals surface area contributed by atoms with Gasteiger partial charge in [0.2, 0.25) is 5.78 Å². The molecule has 0 atom stereocenters. The third-order valence-electron chi connectivity index (χ3n) is 5.94. The first-order valence-electron chi connectivity index (χ1n) is 11.3. The normalized spacial score (nSPS) is 12.4. The summed E-state index contributed by atoms with van der Waals surface area (Å²) in [5, 5.41) is 26.3. The van der Waals surface area contributed by atoms with Crippen LogP contribution in [0.25, 0.3) is 17.2 Å². The van der Waals surface area contributed by atoms with Crippen LogP contribution in [0.3, 0.4) is 0 Å². The summed E-state index contributed by atoms with van der Waals surface area (Å²) in [6.45, 7) is 0. The molecule has 9 nitrogen and oxygen atoms in total. The molecule has 3 aromatic carbocycles. The summed E-state index contributed by atoms with van der Waals surface area (Å²) in [6.07, 6.45) is 1.62. The number of hydrogen-bond acceptors (Lipinski definition) is 11. The van der Waals surface area contributed by atoms with E-state index in [0.29, 0.717) is 33.6 Å². The third-order valence-corrected chi connectivity index (χ3v) is 7.12. The molecule has 0 aliphatic heterocycles. The zero-order valence-electron chi connectivity index (χ0n) is 22.0. The van der Waals surface area contributed by atoms with E-state index >= 15 is 0 Å². The summed E-state index contributed by atoms with van der Waals surface area (Å²) in [5.74, 6) is -0.303. The minimum absolute atomic E-state index is 0. The fourth-order valence-corrected chi connectivity index (χ4v) is 4.98. The number of carbonyl (C=O) groups is 1. The second kappa shape index (κ2) is 14.5. The van der Waals surface area contributed by atoms with Gasteiger partial charge in [-0.1, -0.05) is 35.4 Å². The Hall–Kier alpha value is -2.13. The molecule has 0 spiro atoms. The number of Topliss-reactive ketones (excluding diaryl/α,β-unsaturated/α-hetero) is 1. The van der Waals surface area contributed by atoms with Crippen LogP contribution in [0.15, 0.2) is 76.5 Å². The molecule has 0 fully saturated rings. The number of fused-ring (bicyclic) bond motifs is 1. The molecule has 0 radical (unpaired) electrons. The van der Waals surface area contributed by atoms with E-state index in [1.165, 1.54) is 0 Å². The van der Waals surface area contributed by atoms with Crippen molar-refractivity contribution in [2.24, 2.45) is 0 Å². The first-order chi connectivity index (χ1) is 18.3. The number of carbonyl (C=O) groups excluding carboxylic acids is 1. The van der Waals surface area contributed by atoms with Crippen molar-refractivity contribution in [2.75, 3.05) is 38.0 Å². The van der Waals surface area contributed by atoms with Gasteiger partial charge in [0.15, 0.2) is 0 Å². The van der Waals surface area contributed by atoms with Gasteiger partial charge in [0.05, 0.1) is 29.0 Å².